The molecule has 0 spiro atoms. The summed E-state index contributed by atoms with van der Waals surface area (Å²) in [6.07, 6.45) is 0.902. The van der Waals surface area contributed by atoms with E-state index < -0.39 is 11.7 Å². The molecule has 0 saturated carbocycles. The van der Waals surface area contributed by atoms with Gasteiger partial charge in [0, 0.05) is 23.7 Å². The van der Waals surface area contributed by atoms with Gasteiger partial charge in [-0.1, -0.05) is 17.7 Å². The second kappa shape index (κ2) is 7.51. The van der Waals surface area contributed by atoms with E-state index in [1.54, 1.807) is 32.9 Å². The molecule has 0 aromatic heterocycles. The van der Waals surface area contributed by atoms with Gasteiger partial charge in [-0.3, -0.25) is 4.79 Å². The van der Waals surface area contributed by atoms with Crippen molar-refractivity contribution in [3.05, 3.63) is 41.0 Å². The van der Waals surface area contributed by atoms with E-state index in [1.807, 2.05) is 19.1 Å². The molecule has 2 rings (SSSR count). The van der Waals surface area contributed by atoms with Crippen LogP contribution in [0.3, 0.4) is 0 Å². The van der Waals surface area contributed by atoms with Crippen molar-refractivity contribution in [1.29, 1.82) is 0 Å². The van der Waals surface area contributed by atoms with Crippen LogP contribution in [0.25, 0.3) is 0 Å². The third-order valence-corrected chi connectivity index (χ3v) is 3.94. The van der Waals surface area contributed by atoms with Crippen molar-refractivity contribution in [3.8, 4) is 0 Å². The summed E-state index contributed by atoms with van der Waals surface area (Å²) in [6, 6.07) is 7.19. The van der Waals surface area contributed by atoms with Crippen LogP contribution in [0, 0.1) is 5.92 Å². The lowest BCUT2D eigenvalue weighted by Crippen LogP contribution is -2.32. The highest BCUT2D eigenvalue weighted by Crippen LogP contribution is 2.33. The third kappa shape index (κ3) is 5.17. The zero-order chi connectivity index (χ0) is 18.6. The van der Waals surface area contributed by atoms with Crippen molar-refractivity contribution in [2.75, 3.05) is 5.32 Å². The predicted octanol–water partition coefficient (Wildman–Crippen LogP) is 3.19. The molecule has 0 bridgehead atoms. The van der Waals surface area contributed by atoms with Crippen molar-refractivity contribution < 1.29 is 19.1 Å². The fourth-order valence-electron chi connectivity index (χ4n) is 2.45. The van der Waals surface area contributed by atoms with Gasteiger partial charge < -0.3 is 20.2 Å². The summed E-state index contributed by atoms with van der Waals surface area (Å²) < 4.78 is 5.17. The number of anilines is 1. The predicted molar refractivity (Wildman–Crippen MR) is 95.0 cm³/mol. The number of rotatable bonds is 5. The molecule has 1 unspecified atom stereocenters. The quantitative estimate of drug-likeness (QED) is 0.804. The number of carbonyl (C=O) groups is 3. The molecular formula is C19H24N2O4. The molecule has 0 radical (unpaired) electrons. The lowest BCUT2D eigenvalue weighted by atomic mass is 9.79. The normalized spacial score (nSPS) is 16.7. The van der Waals surface area contributed by atoms with Gasteiger partial charge in [0.15, 0.2) is 0 Å². The first-order chi connectivity index (χ1) is 11.7. The van der Waals surface area contributed by atoms with Gasteiger partial charge in [-0.2, -0.15) is 0 Å². The van der Waals surface area contributed by atoms with E-state index in [-0.39, 0.29) is 11.8 Å². The monoisotopic (exact) mass is 344 g/mol. The minimum atomic E-state index is -0.532. The Morgan fingerprint density at radius 3 is 2.40 bits per heavy atom. The molecule has 0 fully saturated rings. The average molecular weight is 344 g/mol. The first-order valence-electron chi connectivity index (χ1n) is 8.21. The number of carbonyl (C=O) groups excluding carboxylic acids is 3. The van der Waals surface area contributed by atoms with Crippen molar-refractivity contribution in [3.63, 3.8) is 0 Å². The number of allylic oxidation sites excluding steroid dienone is 1. The van der Waals surface area contributed by atoms with E-state index in [9.17, 15) is 14.4 Å². The molecule has 134 valence electrons. The zero-order valence-electron chi connectivity index (χ0n) is 15.0. The third-order valence-electron chi connectivity index (χ3n) is 3.94. The van der Waals surface area contributed by atoms with Crippen LogP contribution in [-0.4, -0.2) is 23.9 Å². The van der Waals surface area contributed by atoms with Gasteiger partial charge in [-0.05, 0) is 51.8 Å². The summed E-state index contributed by atoms with van der Waals surface area (Å²) in [5.74, 6) is -0.294. The number of nitrogens with one attached hydrogen (secondary N) is 2. The Morgan fingerprint density at radius 1 is 1.24 bits per heavy atom. The Hall–Kier alpha value is -2.63. The number of ether oxygens (including phenoxy) is 1. The Morgan fingerprint density at radius 2 is 1.88 bits per heavy atom. The molecule has 1 aromatic carbocycles. The number of amides is 2. The Balaban J connectivity index is 1.86. The van der Waals surface area contributed by atoms with Crippen LogP contribution in [-0.2, 0) is 20.9 Å². The topological polar surface area (TPSA) is 84.5 Å². The number of hydrogen-bond acceptors (Lipinski definition) is 4. The van der Waals surface area contributed by atoms with Gasteiger partial charge in [0.25, 0.3) is 5.91 Å². The maximum atomic E-state index is 12.1. The van der Waals surface area contributed by atoms with Crippen molar-refractivity contribution in [2.45, 2.75) is 46.3 Å². The molecule has 1 aliphatic rings. The number of hydrogen-bond donors (Lipinski definition) is 2. The highest BCUT2D eigenvalue weighted by molar-refractivity contribution is 6.06. The van der Waals surface area contributed by atoms with Crippen LogP contribution < -0.4 is 10.6 Å². The lowest BCUT2D eigenvalue weighted by molar-refractivity contribution is -0.114. The molecule has 25 heavy (non-hydrogen) atoms. The molecule has 2 amide bonds. The SMILES string of the molecule is CC1=C(C(=O)Nc2ccc(CNC(=O)OC(C)(C)C)cc2)CC1C=O. The molecule has 2 N–H and O–H groups in total. The van der Waals surface area contributed by atoms with E-state index in [0.29, 0.717) is 24.2 Å². The van der Waals surface area contributed by atoms with Gasteiger partial charge in [-0.25, -0.2) is 4.79 Å². The fraction of sp³-hybridized carbons (Fsp3) is 0.421. The van der Waals surface area contributed by atoms with E-state index in [1.165, 1.54) is 0 Å². The molecule has 0 heterocycles. The Labute approximate surface area is 147 Å². The van der Waals surface area contributed by atoms with Crippen molar-refractivity contribution in [2.24, 2.45) is 5.92 Å². The van der Waals surface area contributed by atoms with Gasteiger partial charge in [-0.15, -0.1) is 0 Å². The first-order valence-corrected chi connectivity index (χ1v) is 8.21. The largest absolute Gasteiger partial charge is 0.444 e. The smallest absolute Gasteiger partial charge is 0.407 e. The van der Waals surface area contributed by atoms with Crippen LogP contribution in [0.15, 0.2) is 35.4 Å². The van der Waals surface area contributed by atoms with Crippen LogP contribution in [0.1, 0.15) is 39.7 Å². The fourth-order valence-corrected chi connectivity index (χ4v) is 2.45. The Bertz CT molecular complexity index is 699. The molecule has 1 aliphatic carbocycles. The van der Waals surface area contributed by atoms with Gasteiger partial charge in [0.2, 0.25) is 0 Å². The minimum Gasteiger partial charge on any atom is -0.444 e. The van der Waals surface area contributed by atoms with Crippen LogP contribution in [0.4, 0.5) is 10.5 Å². The zero-order valence-corrected chi connectivity index (χ0v) is 15.0. The summed E-state index contributed by atoms with van der Waals surface area (Å²) in [5.41, 5.74) is 2.54. The summed E-state index contributed by atoms with van der Waals surface area (Å²) >= 11 is 0. The van der Waals surface area contributed by atoms with Crippen LogP contribution in [0.2, 0.25) is 0 Å². The van der Waals surface area contributed by atoms with E-state index in [2.05, 4.69) is 10.6 Å². The van der Waals surface area contributed by atoms with E-state index >= 15 is 0 Å². The molecule has 1 aromatic rings. The maximum absolute atomic E-state index is 12.1. The lowest BCUT2D eigenvalue weighted by Gasteiger charge is -2.26. The molecule has 0 aliphatic heterocycles. The molecule has 1 atom stereocenters. The second-order valence-corrected chi connectivity index (χ2v) is 7.11. The highest BCUT2D eigenvalue weighted by atomic mass is 16.6. The number of benzene rings is 1. The number of aldehydes is 1. The summed E-state index contributed by atoms with van der Waals surface area (Å²) in [6.45, 7) is 7.57. The molecular weight excluding hydrogens is 320 g/mol. The Kier molecular flexibility index (Phi) is 5.62. The maximum Gasteiger partial charge on any atom is 0.407 e. The van der Waals surface area contributed by atoms with Crippen molar-refractivity contribution >= 4 is 24.0 Å². The van der Waals surface area contributed by atoms with Crippen LogP contribution in [0.5, 0.6) is 0 Å². The highest BCUT2D eigenvalue weighted by Gasteiger charge is 2.30. The van der Waals surface area contributed by atoms with Gasteiger partial charge in [0.1, 0.15) is 11.9 Å². The van der Waals surface area contributed by atoms with Gasteiger partial charge >= 0.3 is 6.09 Å². The number of alkyl carbamates (subject to hydrolysis) is 1. The minimum absolute atomic E-state index is 0.123. The molecule has 6 heteroatoms. The van der Waals surface area contributed by atoms with E-state index in [4.69, 9.17) is 4.74 Å². The summed E-state index contributed by atoms with van der Waals surface area (Å²) in [7, 11) is 0. The van der Waals surface area contributed by atoms with Crippen LogP contribution >= 0.6 is 0 Å². The summed E-state index contributed by atoms with van der Waals surface area (Å²) in [4.78, 5) is 34.5. The molecule has 0 saturated heterocycles. The van der Waals surface area contributed by atoms with Gasteiger partial charge in [0.05, 0.1) is 0 Å². The molecule has 6 nitrogen and oxygen atoms in total. The first kappa shape index (κ1) is 18.7. The second-order valence-electron chi connectivity index (χ2n) is 7.11. The van der Waals surface area contributed by atoms with E-state index in [0.717, 1.165) is 17.4 Å². The average Bonchev–Trinajstić information content (AvgIpc) is 2.51. The summed E-state index contributed by atoms with van der Waals surface area (Å²) in [5, 5.41) is 5.50. The van der Waals surface area contributed by atoms with Crippen molar-refractivity contribution in [1.82, 2.24) is 5.32 Å². The standard InChI is InChI=1S/C19H24N2O4/c1-12-14(11-22)9-16(12)17(23)21-15-7-5-13(6-8-15)10-20-18(24)25-19(2,3)4/h5-8,11,14H,9-10H2,1-4H3,(H,20,24)(H,21,23).